The standard InChI is InChI=1S/C12H13NO3/c14-8-12(16,9-4-2-1-3-5-9)10-6-7-11(15)13-10/h1-5,8,10,16H,6-7H2,(H,13,15)/t10-,12+/m0/s1. The second-order valence-corrected chi connectivity index (χ2v) is 3.97. The molecule has 1 saturated heterocycles. The Morgan fingerprint density at radius 2 is 2.06 bits per heavy atom. The summed E-state index contributed by atoms with van der Waals surface area (Å²) in [6.07, 6.45) is 1.33. The van der Waals surface area contributed by atoms with Crippen LogP contribution in [0.3, 0.4) is 0 Å². The van der Waals surface area contributed by atoms with Crippen LogP contribution < -0.4 is 5.32 Å². The summed E-state index contributed by atoms with van der Waals surface area (Å²) in [7, 11) is 0. The number of carbonyl (C=O) groups is 2. The van der Waals surface area contributed by atoms with Crippen LogP contribution >= 0.6 is 0 Å². The molecule has 1 aromatic rings. The smallest absolute Gasteiger partial charge is 0.220 e. The lowest BCUT2D eigenvalue weighted by Gasteiger charge is -2.28. The molecule has 84 valence electrons. The van der Waals surface area contributed by atoms with Gasteiger partial charge in [-0.25, -0.2) is 0 Å². The summed E-state index contributed by atoms with van der Waals surface area (Å²) in [5.41, 5.74) is -1.11. The van der Waals surface area contributed by atoms with Crippen LogP contribution in [0.15, 0.2) is 30.3 Å². The second-order valence-electron chi connectivity index (χ2n) is 3.97. The minimum absolute atomic E-state index is 0.124. The van der Waals surface area contributed by atoms with Crippen LogP contribution in [-0.2, 0) is 15.2 Å². The molecule has 0 aliphatic carbocycles. The zero-order valence-electron chi connectivity index (χ0n) is 8.72. The fourth-order valence-corrected chi connectivity index (χ4v) is 2.00. The normalized spacial score (nSPS) is 23.6. The number of carbonyl (C=O) groups excluding carboxylic acids is 2. The molecule has 1 fully saturated rings. The predicted octanol–water partition coefficient (Wildman–Crippen LogP) is 0.352. The van der Waals surface area contributed by atoms with Gasteiger partial charge in [0.1, 0.15) is 0 Å². The van der Waals surface area contributed by atoms with Crippen molar-refractivity contribution < 1.29 is 14.7 Å². The van der Waals surface area contributed by atoms with Gasteiger partial charge in [-0.2, -0.15) is 0 Å². The van der Waals surface area contributed by atoms with Gasteiger partial charge in [-0.3, -0.25) is 9.59 Å². The molecule has 0 bridgehead atoms. The fraction of sp³-hybridized carbons (Fsp3) is 0.333. The van der Waals surface area contributed by atoms with Gasteiger partial charge in [0.25, 0.3) is 0 Å². The average Bonchev–Trinajstić information content (AvgIpc) is 2.76. The quantitative estimate of drug-likeness (QED) is 0.721. The zero-order chi connectivity index (χ0) is 11.6. The summed E-state index contributed by atoms with van der Waals surface area (Å²) < 4.78 is 0. The van der Waals surface area contributed by atoms with Gasteiger partial charge >= 0.3 is 0 Å². The summed E-state index contributed by atoms with van der Waals surface area (Å²) in [6.45, 7) is 0. The molecule has 0 radical (unpaired) electrons. The first kappa shape index (κ1) is 10.8. The molecule has 4 nitrogen and oxygen atoms in total. The summed E-state index contributed by atoms with van der Waals surface area (Å²) in [5, 5.41) is 12.9. The van der Waals surface area contributed by atoms with Crippen molar-refractivity contribution >= 4 is 12.2 Å². The van der Waals surface area contributed by atoms with Gasteiger partial charge in [0.15, 0.2) is 11.9 Å². The number of benzene rings is 1. The summed E-state index contributed by atoms with van der Waals surface area (Å²) >= 11 is 0. The SMILES string of the molecule is O=C[C@@](O)(c1ccccc1)[C@@H]1CCC(=O)N1. The zero-order valence-corrected chi connectivity index (χ0v) is 8.72. The Morgan fingerprint density at radius 1 is 1.38 bits per heavy atom. The molecule has 0 spiro atoms. The highest BCUT2D eigenvalue weighted by Crippen LogP contribution is 2.28. The van der Waals surface area contributed by atoms with E-state index in [1.807, 2.05) is 6.07 Å². The van der Waals surface area contributed by atoms with E-state index in [1.165, 1.54) is 0 Å². The number of aldehydes is 1. The van der Waals surface area contributed by atoms with E-state index in [4.69, 9.17) is 0 Å². The molecule has 2 atom stereocenters. The first-order valence-electron chi connectivity index (χ1n) is 5.20. The molecular formula is C12H13NO3. The molecule has 2 rings (SSSR count). The first-order valence-corrected chi connectivity index (χ1v) is 5.20. The molecule has 4 heteroatoms. The molecule has 1 aromatic carbocycles. The Labute approximate surface area is 93.3 Å². The first-order chi connectivity index (χ1) is 7.66. The van der Waals surface area contributed by atoms with Crippen LogP contribution in [0, 0.1) is 0 Å². The summed E-state index contributed by atoms with van der Waals surface area (Å²) in [6, 6.07) is 8.14. The molecule has 0 saturated carbocycles. The summed E-state index contributed by atoms with van der Waals surface area (Å²) in [5.74, 6) is -0.124. The molecule has 1 heterocycles. The van der Waals surface area contributed by atoms with E-state index in [2.05, 4.69) is 5.32 Å². The van der Waals surface area contributed by atoms with Crippen molar-refractivity contribution in [2.24, 2.45) is 0 Å². The highest BCUT2D eigenvalue weighted by atomic mass is 16.3. The van der Waals surface area contributed by atoms with Gasteiger partial charge in [-0.1, -0.05) is 30.3 Å². The molecule has 0 aromatic heterocycles. The molecule has 0 unspecified atom stereocenters. The maximum atomic E-state index is 11.1. The lowest BCUT2D eigenvalue weighted by atomic mass is 9.87. The van der Waals surface area contributed by atoms with Gasteiger partial charge in [0, 0.05) is 6.42 Å². The number of aliphatic hydroxyl groups is 1. The van der Waals surface area contributed by atoms with E-state index in [1.54, 1.807) is 24.3 Å². The third kappa shape index (κ3) is 1.72. The number of nitrogens with one attached hydrogen (secondary N) is 1. The largest absolute Gasteiger partial charge is 0.375 e. The van der Waals surface area contributed by atoms with Crippen molar-refractivity contribution in [2.45, 2.75) is 24.5 Å². The minimum atomic E-state index is -1.62. The number of amides is 1. The van der Waals surface area contributed by atoms with E-state index in [-0.39, 0.29) is 5.91 Å². The van der Waals surface area contributed by atoms with Crippen LogP contribution in [0.25, 0.3) is 0 Å². The fourth-order valence-electron chi connectivity index (χ4n) is 2.00. The predicted molar refractivity (Wildman–Crippen MR) is 57.6 cm³/mol. The molecule has 1 amide bonds. The molecule has 1 aliphatic rings. The van der Waals surface area contributed by atoms with Gasteiger partial charge in [0.05, 0.1) is 6.04 Å². The average molecular weight is 219 g/mol. The molecule has 16 heavy (non-hydrogen) atoms. The van der Waals surface area contributed by atoms with Crippen LogP contribution in [0.2, 0.25) is 0 Å². The van der Waals surface area contributed by atoms with E-state index in [0.29, 0.717) is 24.7 Å². The highest BCUT2D eigenvalue weighted by molar-refractivity contribution is 5.80. The van der Waals surface area contributed by atoms with Crippen molar-refractivity contribution in [1.82, 2.24) is 5.32 Å². The van der Waals surface area contributed by atoms with E-state index in [0.717, 1.165) is 0 Å². The Kier molecular flexibility index (Phi) is 2.75. The maximum Gasteiger partial charge on any atom is 0.220 e. The molecular weight excluding hydrogens is 206 g/mol. The Balaban J connectivity index is 2.32. The topological polar surface area (TPSA) is 66.4 Å². The number of hydrogen-bond acceptors (Lipinski definition) is 3. The Bertz CT molecular complexity index is 404. The third-order valence-corrected chi connectivity index (χ3v) is 2.94. The number of rotatable bonds is 3. The van der Waals surface area contributed by atoms with Crippen LogP contribution in [0.1, 0.15) is 18.4 Å². The Hall–Kier alpha value is -1.68. The van der Waals surface area contributed by atoms with Crippen LogP contribution in [-0.4, -0.2) is 23.3 Å². The third-order valence-electron chi connectivity index (χ3n) is 2.94. The van der Waals surface area contributed by atoms with E-state index >= 15 is 0 Å². The lowest BCUT2D eigenvalue weighted by Crippen LogP contribution is -2.47. The van der Waals surface area contributed by atoms with Gasteiger partial charge in [-0.15, -0.1) is 0 Å². The van der Waals surface area contributed by atoms with Gasteiger partial charge in [0.2, 0.25) is 5.91 Å². The van der Waals surface area contributed by atoms with E-state index < -0.39 is 11.6 Å². The minimum Gasteiger partial charge on any atom is -0.375 e. The van der Waals surface area contributed by atoms with Crippen molar-refractivity contribution in [3.8, 4) is 0 Å². The van der Waals surface area contributed by atoms with Crippen LogP contribution in [0.5, 0.6) is 0 Å². The van der Waals surface area contributed by atoms with Crippen LogP contribution in [0.4, 0.5) is 0 Å². The monoisotopic (exact) mass is 219 g/mol. The lowest BCUT2D eigenvalue weighted by molar-refractivity contribution is -0.129. The summed E-state index contributed by atoms with van der Waals surface area (Å²) in [4.78, 5) is 22.2. The molecule has 2 N–H and O–H groups in total. The highest BCUT2D eigenvalue weighted by Gasteiger charge is 2.42. The van der Waals surface area contributed by atoms with Crippen molar-refractivity contribution in [3.05, 3.63) is 35.9 Å². The van der Waals surface area contributed by atoms with Crippen molar-refractivity contribution in [3.63, 3.8) is 0 Å². The van der Waals surface area contributed by atoms with Crippen molar-refractivity contribution in [2.75, 3.05) is 0 Å². The second kappa shape index (κ2) is 4.06. The van der Waals surface area contributed by atoms with E-state index in [9.17, 15) is 14.7 Å². The maximum absolute atomic E-state index is 11.1. The van der Waals surface area contributed by atoms with Crippen molar-refractivity contribution in [1.29, 1.82) is 0 Å². The van der Waals surface area contributed by atoms with Gasteiger partial charge < -0.3 is 10.4 Å². The van der Waals surface area contributed by atoms with Gasteiger partial charge in [-0.05, 0) is 12.0 Å². The Morgan fingerprint density at radius 3 is 2.56 bits per heavy atom. The number of hydrogen-bond donors (Lipinski definition) is 2. The molecule has 1 aliphatic heterocycles.